The summed E-state index contributed by atoms with van der Waals surface area (Å²) in [6.45, 7) is 6.97. The third-order valence-corrected chi connectivity index (χ3v) is 4.82. The van der Waals surface area contributed by atoms with Gasteiger partial charge in [-0.05, 0) is 25.3 Å². The Hall–Kier alpha value is -1.95. The van der Waals surface area contributed by atoms with Crippen LogP contribution in [0.2, 0.25) is 0 Å². The largest absolute Gasteiger partial charge is 0.347 e. The summed E-state index contributed by atoms with van der Waals surface area (Å²) in [6.07, 6.45) is 1.66. The molecule has 6 heteroatoms. The van der Waals surface area contributed by atoms with E-state index in [0.29, 0.717) is 0 Å². The van der Waals surface area contributed by atoms with Gasteiger partial charge in [0.1, 0.15) is 22.8 Å². The number of aromatic nitrogens is 4. The van der Waals surface area contributed by atoms with Gasteiger partial charge in [0.15, 0.2) is 0 Å². The molecule has 1 aliphatic rings. The normalized spacial score (nSPS) is 14.8. The van der Waals surface area contributed by atoms with Crippen molar-refractivity contribution >= 4 is 27.4 Å². The molecule has 20 heavy (non-hydrogen) atoms. The standard InChI is InChI=1S/C14H15N5S/c1-9-10(2)19-5-4-18(7-12(19)17-9)13-11-3-6-20-14(11)16-8-15-13/h3,6,8H,4-5,7H2,1-2H3. The lowest BCUT2D eigenvalue weighted by Gasteiger charge is -2.29. The molecule has 0 spiro atoms. The maximum Gasteiger partial charge on any atom is 0.141 e. The van der Waals surface area contributed by atoms with E-state index in [1.165, 1.54) is 5.69 Å². The highest BCUT2D eigenvalue weighted by molar-refractivity contribution is 7.16. The van der Waals surface area contributed by atoms with Gasteiger partial charge < -0.3 is 9.47 Å². The molecule has 0 saturated carbocycles. The first-order chi connectivity index (χ1) is 9.74. The van der Waals surface area contributed by atoms with Crippen LogP contribution in [0.5, 0.6) is 0 Å². The van der Waals surface area contributed by atoms with Gasteiger partial charge >= 0.3 is 0 Å². The van der Waals surface area contributed by atoms with Gasteiger partial charge in [-0.2, -0.15) is 0 Å². The second kappa shape index (κ2) is 4.28. The number of thiophene rings is 1. The van der Waals surface area contributed by atoms with E-state index >= 15 is 0 Å². The van der Waals surface area contributed by atoms with Crippen LogP contribution in [0.15, 0.2) is 17.8 Å². The van der Waals surface area contributed by atoms with Gasteiger partial charge in [-0.3, -0.25) is 0 Å². The minimum absolute atomic E-state index is 0.816. The molecular formula is C14H15N5S. The van der Waals surface area contributed by atoms with Gasteiger partial charge in [0.05, 0.1) is 17.6 Å². The van der Waals surface area contributed by atoms with Crippen LogP contribution in [0.4, 0.5) is 5.82 Å². The molecule has 0 fully saturated rings. The summed E-state index contributed by atoms with van der Waals surface area (Å²) < 4.78 is 2.32. The molecule has 0 bridgehead atoms. The molecular weight excluding hydrogens is 270 g/mol. The monoisotopic (exact) mass is 285 g/mol. The van der Waals surface area contributed by atoms with Crippen molar-refractivity contribution in [2.24, 2.45) is 0 Å². The number of imidazole rings is 1. The van der Waals surface area contributed by atoms with Crippen molar-refractivity contribution in [1.29, 1.82) is 0 Å². The molecule has 0 saturated heterocycles. The highest BCUT2D eigenvalue weighted by Gasteiger charge is 2.22. The number of hydrogen-bond donors (Lipinski definition) is 0. The van der Waals surface area contributed by atoms with Crippen LogP contribution < -0.4 is 4.90 Å². The summed E-state index contributed by atoms with van der Waals surface area (Å²) in [5.74, 6) is 2.16. The minimum atomic E-state index is 0.816. The number of nitrogens with zero attached hydrogens (tertiary/aromatic N) is 5. The highest BCUT2D eigenvalue weighted by Crippen LogP contribution is 2.29. The topological polar surface area (TPSA) is 46.8 Å². The Morgan fingerprint density at radius 2 is 2.10 bits per heavy atom. The lowest BCUT2D eigenvalue weighted by atomic mass is 10.3. The zero-order chi connectivity index (χ0) is 13.7. The quantitative estimate of drug-likeness (QED) is 0.689. The predicted molar refractivity (Wildman–Crippen MR) is 80.2 cm³/mol. The Morgan fingerprint density at radius 3 is 3.00 bits per heavy atom. The maximum absolute atomic E-state index is 4.67. The smallest absolute Gasteiger partial charge is 0.141 e. The molecule has 0 aromatic carbocycles. The molecule has 3 aromatic heterocycles. The average molecular weight is 285 g/mol. The highest BCUT2D eigenvalue weighted by atomic mass is 32.1. The Balaban J connectivity index is 1.76. The minimum Gasteiger partial charge on any atom is -0.347 e. The molecule has 4 heterocycles. The van der Waals surface area contributed by atoms with E-state index < -0.39 is 0 Å². The van der Waals surface area contributed by atoms with Crippen LogP contribution in [0.25, 0.3) is 10.2 Å². The molecule has 0 unspecified atom stereocenters. The summed E-state index contributed by atoms with van der Waals surface area (Å²) in [4.78, 5) is 16.8. The van der Waals surface area contributed by atoms with Crippen LogP contribution in [0.1, 0.15) is 17.2 Å². The fraction of sp³-hybridized carbons (Fsp3) is 0.357. The zero-order valence-corrected chi connectivity index (χ0v) is 12.3. The third kappa shape index (κ3) is 1.64. The Labute approximate surface area is 120 Å². The second-order valence-corrected chi connectivity index (χ2v) is 6.00. The molecule has 0 amide bonds. The van der Waals surface area contributed by atoms with Crippen molar-refractivity contribution in [3.63, 3.8) is 0 Å². The zero-order valence-electron chi connectivity index (χ0n) is 11.5. The van der Waals surface area contributed by atoms with E-state index in [-0.39, 0.29) is 0 Å². The van der Waals surface area contributed by atoms with Crippen molar-refractivity contribution in [3.05, 3.63) is 35.0 Å². The molecule has 4 rings (SSSR count). The first kappa shape index (κ1) is 11.8. The Morgan fingerprint density at radius 1 is 1.20 bits per heavy atom. The maximum atomic E-state index is 4.67. The van der Waals surface area contributed by atoms with E-state index in [1.54, 1.807) is 17.7 Å². The van der Waals surface area contributed by atoms with Gasteiger partial charge in [0, 0.05) is 18.8 Å². The fourth-order valence-corrected chi connectivity index (χ4v) is 3.55. The van der Waals surface area contributed by atoms with Gasteiger partial charge in [-0.15, -0.1) is 11.3 Å². The third-order valence-electron chi connectivity index (χ3n) is 4.00. The summed E-state index contributed by atoms with van der Waals surface area (Å²) in [6, 6.07) is 2.10. The number of aryl methyl sites for hydroxylation is 1. The summed E-state index contributed by atoms with van der Waals surface area (Å²) in [5.41, 5.74) is 2.41. The number of hydrogen-bond acceptors (Lipinski definition) is 5. The van der Waals surface area contributed by atoms with Gasteiger partial charge in [-0.25, -0.2) is 15.0 Å². The average Bonchev–Trinajstić information content (AvgIpc) is 3.04. The predicted octanol–water partition coefficient (Wildman–Crippen LogP) is 2.52. The van der Waals surface area contributed by atoms with Gasteiger partial charge in [0.2, 0.25) is 0 Å². The van der Waals surface area contributed by atoms with Crippen LogP contribution in [0.3, 0.4) is 0 Å². The van der Waals surface area contributed by atoms with E-state index in [4.69, 9.17) is 0 Å². The summed E-state index contributed by atoms with van der Waals surface area (Å²) >= 11 is 1.66. The lowest BCUT2D eigenvalue weighted by molar-refractivity contribution is 0.548. The van der Waals surface area contributed by atoms with Crippen molar-refractivity contribution in [1.82, 2.24) is 19.5 Å². The van der Waals surface area contributed by atoms with Crippen molar-refractivity contribution in [2.75, 3.05) is 11.4 Å². The van der Waals surface area contributed by atoms with Crippen LogP contribution >= 0.6 is 11.3 Å². The number of rotatable bonds is 1. The molecule has 102 valence electrons. The fourth-order valence-electron chi connectivity index (χ4n) is 2.82. The molecule has 0 aliphatic carbocycles. The van der Waals surface area contributed by atoms with E-state index in [9.17, 15) is 0 Å². The number of anilines is 1. The first-order valence-corrected chi connectivity index (χ1v) is 7.58. The van der Waals surface area contributed by atoms with Crippen molar-refractivity contribution < 1.29 is 0 Å². The molecule has 1 aliphatic heterocycles. The molecule has 3 aromatic rings. The van der Waals surface area contributed by atoms with Crippen molar-refractivity contribution in [3.8, 4) is 0 Å². The van der Waals surface area contributed by atoms with Crippen LogP contribution in [0, 0.1) is 13.8 Å². The van der Waals surface area contributed by atoms with E-state index in [0.717, 1.165) is 47.2 Å². The summed E-state index contributed by atoms with van der Waals surface area (Å²) in [5, 5.41) is 3.22. The van der Waals surface area contributed by atoms with Crippen LogP contribution in [-0.2, 0) is 13.1 Å². The number of fused-ring (bicyclic) bond motifs is 2. The van der Waals surface area contributed by atoms with Gasteiger partial charge in [-0.1, -0.05) is 0 Å². The Bertz CT molecular complexity index is 788. The molecule has 0 atom stereocenters. The molecule has 0 N–H and O–H groups in total. The molecule has 0 radical (unpaired) electrons. The summed E-state index contributed by atoms with van der Waals surface area (Å²) in [7, 11) is 0. The van der Waals surface area contributed by atoms with Crippen molar-refractivity contribution in [2.45, 2.75) is 26.9 Å². The SMILES string of the molecule is Cc1nc2n(c1C)CCN(c1ncnc3sccc13)C2. The van der Waals surface area contributed by atoms with E-state index in [2.05, 4.69) is 49.7 Å². The Kier molecular flexibility index (Phi) is 2.53. The lowest BCUT2D eigenvalue weighted by Crippen LogP contribution is -2.34. The van der Waals surface area contributed by atoms with Crippen LogP contribution in [-0.4, -0.2) is 26.1 Å². The van der Waals surface area contributed by atoms with E-state index in [1.807, 2.05) is 0 Å². The first-order valence-electron chi connectivity index (χ1n) is 6.70. The van der Waals surface area contributed by atoms with Gasteiger partial charge in [0.25, 0.3) is 0 Å². The second-order valence-electron chi connectivity index (χ2n) is 5.11. The molecule has 5 nitrogen and oxygen atoms in total.